The molecule has 0 spiro atoms. The summed E-state index contributed by atoms with van der Waals surface area (Å²) in [6.07, 6.45) is 6.04. The van der Waals surface area contributed by atoms with Crippen molar-refractivity contribution in [3.8, 4) is 0 Å². The smallest absolute Gasteiger partial charge is 0.221 e. The van der Waals surface area contributed by atoms with E-state index < -0.39 is 7.14 Å². The summed E-state index contributed by atoms with van der Waals surface area (Å²) in [7, 11) is -2.79. The summed E-state index contributed by atoms with van der Waals surface area (Å²) in [5.74, 6) is 0. The van der Waals surface area contributed by atoms with E-state index in [1.165, 1.54) is 0 Å². The van der Waals surface area contributed by atoms with Crippen molar-refractivity contribution < 1.29 is 9.36 Å². The lowest BCUT2D eigenvalue weighted by Gasteiger charge is -2.19. The van der Waals surface area contributed by atoms with Crippen LogP contribution in [-0.4, -0.2) is 17.8 Å². The molecule has 124 valence electrons. The molecule has 2 nitrogen and oxygen atoms in total. The van der Waals surface area contributed by atoms with Crippen molar-refractivity contribution in [1.82, 2.24) is 0 Å². The van der Waals surface area contributed by atoms with Gasteiger partial charge in [0.1, 0.15) is 0 Å². The van der Waals surface area contributed by atoms with Gasteiger partial charge in [-0.15, -0.1) is 0 Å². The van der Waals surface area contributed by atoms with Gasteiger partial charge >= 0.3 is 0 Å². The Morgan fingerprint density at radius 3 is 1.91 bits per heavy atom. The number of hydrogen-bond donors (Lipinski definition) is 0. The summed E-state index contributed by atoms with van der Waals surface area (Å²) < 4.78 is 13.4. The zero-order chi connectivity index (χ0) is 16.8. The standard InChI is InChI=1S/C19H31O2P/c1-6-8-10-12-22(21,11-9-7-2)19(20)18-16(4)13-15(3)14-17(18)5/h13-14H,6-12H2,1-5H3. The molecule has 1 aromatic rings. The van der Waals surface area contributed by atoms with Crippen molar-refractivity contribution in [3.05, 3.63) is 34.4 Å². The highest BCUT2D eigenvalue weighted by molar-refractivity contribution is 7.81. The SMILES string of the molecule is CCCCCP(=O)(CCCC)C(=O)c1c(C)cc(C)cc1C. The average Bonchev–Trinajstić information content (AvgIpc) is 2.44. The monoisotopic (exact) mass is 322 g/mol. The molecule has 1 rings (SSSR count). The first-order chi connectivity index (χ1) is 10.4. The van der Waals surface area contributed by atoms with Gasteiger partial charge in [0.2, 0.25) is 5.52 Å². The van der Waals surface area contributed by atoms with Crippen LogP contribution < -0.4 is 0 Å². The molecule has 0 aliphatic heterocycles. The molecule has 0 heterocycles. The minimum atomic E-state index is -2.79. The van der Waals surface area contributed by atoms with Crippen LogP contribution in [0.5, 0.6) is 0 Å². The van der Waals surface area contributed by atoms with Crippen molar-refractivity contribution in [2.45, 2.75) is 66.7 Å². The maximum atomic E-state index is 13.4. The molecule has 1 aromatic carbocycles. The molecular weight excluding hydrogens is 291 g/mol. The van der Waals surface area contributed by atoms with Gasteiger partial charge in [-0.1, -0.05) is 50.8 Å². The Morgan fingerprint density at radius 1 is 0.909 bits per heavy atom. The van der Waals surface area contributed by atoms with E-state index in [0.717, 1.165) is 48.8 Å². The van der Waals surface area contributed by atoms with Crippen LogP contribution in [-0.2, 0) is 4.57 Å². The van der Waals surface area contributed by atoms with Gasteiger partial charge in [0, 0.05) is 17.9 Å². The summed E-state index contributed by atoms with van der Waals surface area (Å²) in [4.78, 5) is 13.1. The van der Waals surface area contributed by atoms with Crippen molar-refractivity contribution in [2.75, 3.05) is 12.3 Å². The molecule has 0 N–H and O–H groups in total. The first kappa shape index (κ1) is 19.2. The molecule has 0 bridgehead atoms. The van der Waals surface area contributed by atoms with E-state index in [1.807, 2.05) is 32.9 Å². The molecule has 0 radical (unpaired) electrons. The van der Waals surface area contributed by atoms with Gasteiger partial charge in [0.05, 0.1) is 0 Å². The Morgan fingerprint density at radius 2 is 1.41 bits per heavy atom. The zero-order valence-corrected chi connectivity index (χ0v) is 15.8. The third kappa shape index (κ3) is 4.81. The largest absolute Gasteiger partial charge is 0.315 e. The van der Waals surface area contributed by atoms with E-state index >= 15 is 0 Å². The topological polar surface area (TPSA) is 34.1 Å². The third-order valence-corrected chi connectivity index (χ3v) is 7.30. The summed E-state index contributed by atoms with van der Waals surface area (Å²) in [5.41, 5.74) is 3.72. The van der Waals surface area contributed by atoms with Crippen LogP contribution in [0.4, 0.5) is 0 Å². The highest BCUT2D eigenvalue weighted by atomic mass is 31.2. The first-order valence-corrected chi connectivity index (χ1v) is 10.6. The fourth-order valence-corrected chi connectivity index (χ4v) is 6.02. The molecule has 0 aromatic heterocycles. The lowest BCUT2D eigenvalue weighted by molar-refractivity contribution is 0.107. The third-order valence-electron chi connectivity index (χ3n) is 4.26. The Bertz CT molecular complexity index is 538. The Balaban J connectivity index is 3.13. The number of unbranched alkanes of at least 4 members (excludes halogenated alkanes) is 3. The predicted octanol–water partition coefficient (Wildman–Crippen LogP) is 6.11. The number of carbonyl (C=O) groups excluding carboxylic acids is 1. The van der Waals surface area contributed by atoms with Crippen LogP contribution in [0.25, 0.3) is 0 Å². The molecule has 0 aliphatic rings. The molecule has 0 saturated heterocycles. The summed E-state index contributed by atoms with van der Waals surface area (Å²) in [5, 5.41) is 0. The maximum Gasteiger partial charge on any atom is 0.221 e. The van der Waals surface area contributed by atoms with Gasteiger partial charge in [-0.25, -0.2) is 0 Å². The van der Waals surface area contributed by atoms with Crippen LogP contribution in [0.1, 0.15) is 73.0 Å². The Hall–Kier alpha value is -0.880. The molecule has 1 atom stereocenters. The number of hydrogen-bond acceptors (Lipinski definition) is 2. The second-order valence-corrected chi connectivity index (χ2v) is 9.56. The fraction of sp³-hybridized carbons (Fsp3) is 0.632. The van der Waals surface area contributed by atoms with Gasteiger partial charge in [-0.3, -0.25) is 4.79 Å². The van der Waals surface area contributed by atoms with Crippen molar-refractivity contribution in [3.63, 3.8) is 0 Å². The van der Waals surface area contributed by atoms with Crippen LogP contribution in [0.2, 0.25) is 0 Å². The Labute approximate surface area is 136 Å². The van der Waals surface area contributed by atoms with E-state index in [-0.39, 0.29) is 5.52 Å². The highest BCUT2D eigenvalue weighted by Gasteiger charge is 2.33. The van der Waals surface area contributed by atoms with Crippen LogP contribution in [0, 0.1) is 20.8 Å². The quantitative estimate of drug-likeness (QED) is 0.406. The molecule has 22 heavy (non-hydrogen) atoms. The van der Waals surface area contributed by atoms with Crippen molar-refractivity contribution in [2.24, 2.45) is 0 Å². The second-order valence-electron chi connectivity index (χ2n) is 6.48. The van der Waals surface area contributed by atoms with Crippen LogP contribution in [0.15, 0.2) is 12.1 Å². The minimum Gasteiger partial charge on any atom is -0.315 e. The van der Waals surface area contributed by atoms with Crippen LogP contribution >= 0.6 is 7.14 Å². The highest BCUT2D eigenvalue weighted by Crippen LogP contribution is 2.51. The lowest BCUT2D eigenvalue weighted by atomic mass is 10.0. The summed E-state index contributed by atoms with van der Waals surface area (Å²) in [6.45, 7) is 10.2. The number of rotatable bonds is 9. The van der Waals surface area contributed by atoms with E-state index in [9.17, 15) is 9.36 Å². The van der Waals surface area contributed by atoms with Crippen LogP contribution in [0.3, 0.4) is 0 Å². The van der Waals surface area contributed by atoms with E-state index in [0.29, 0.717) is 17.9 Å². The molecule has 0 saturated carbocycles. The van der Waals surface area contributed by atoms with E-state index in [1.54, 1.807) is 0 Å². The van der Waals surface area contributed by atoms with Gasteiger partial charge in [-0.2, -0.15) is 0 Å². The minimum absolute atomic E-state index is 0.0768. The maximum absolute atomic E-state index is 13.4. The van der Waals surface area contributed by atoms with Gasteiger partial charge in [0.15, 0.2) is 7.14 Å². The van der Waals surface area contributed by atoms with Gasteiger partial charge < -0.3 is 4.57 Å². The first-order valence-electron chi connectivity index (χ1n) is 8.56. The predicted molar refractivity (Wildman–Crippen MR) is 96.8 cm³/mol. The second kappa shape index (κ2) is 8.67. The zero-order valence-electron chi connectivity index (χ0n) is 14.9. The molecular formula is C19H31O2P. The molecule has 3 heteroatoms. The van der Waals surface area contributed by atoms with E-state index in [4.69, 9.17) is 0 Å². The van der Waals surface area contributed by atoms with Crippen molar-refractivity contribution >= 4 is 12.7 Å². The molecule has 0 amide bonds. The summed E-state index contributed by atoms with van der Waals surface area (Å²) in [6, 6.07) is 4.05. The molecule has 1 unspecified atom stereocenters. The number of benzene rings is 1. The lowest BCUT2D eigenvalue weighted by Crippen LogP contribution is -2.11. The van der Waals surface area contributed by atoms with Gasteiger partial charge in [-0.05, 0) is 44.7 Å². The number of carbonyl (C=O) groups is 1. The van der Waals surface area contributed by atoms with Gasteiger partial charge in [0.25, 0.3) is 0 Å². The Kier molecular flexibility index (Phi) is 7.56. The van der Waals surface area contributed by atoms with Crippen molar-refractivity contribution in [1.29, 1.82) is 0 Å². The molecule has 0 aliphatic carbocycles. The van der Waals surface area contributed by atoms with E-state index in [2.05, 4.69) is 13.8 Å². The number of aryl methyl sites for hydroxylation is 3. The average molecular weight is 322 g/mol. The molecule has 0 fully saturated rings. The summed E-state index contributed by atoms with van der Waals surface area (Å²) >= 11 is 0. The normalized spacial score (nSPS) is 13.9. The fourth-order valence-electron chi connectivity index (χ4n) is 3.07.